The van der Waals surface area contributed by atoms with E-state index in [-0.39, 0.29) is 18.2 Å². The van der Waals surface area contributed by atoms with Crippen LogP contribution in [0.1, 0.15) is 43.2 Å². The number of hydrogen-bond acceptors (Lipinski definition) is 3. The Kier molecular flexibility index (Phi) is 5.19. The summed E-state index contributed by atoms with van der Waals surface area (Å²) in [5.41, 5.74) is 1.08. The number of benzene rings is 1. The first-order valence-corrected chi connectivity index (χ1v) is 7.62. The van der Waals surface area contributed by atoms with Crippen LogP contribution < -0.4 is 5.32 Å². The van der Waals surface area contributed by atoms with Crippen LogP contribution in [0.15, 0.2) is 24.3 Å². The highest BCUT2D eigenvalue weighted by atomic mass is 16.5. The van der Waals surface area contributed by atoms with E-state index in [1.165, 1.54) is 0 Å². The number of carboxylic acid groups (broad SMARTS) is 1. The summed E-state index contributed by atoms with van der Waals surface area (Å²) in [6.45, 7) is 4.72. The van der Waals surface area contributed by atoms with Crippen LogP contribution in [-0.2, 0) is 14.3 Å². The predicted octanol–water partition coefficient (Wildman–Crippen LogP) is 2.24. The summed E-state index contributed by atoms with van der Waals surface area (Å²) in [7, 11) is 0. The van der Waals surface area contributed by atoms with Gasteiger partial charge >= 0.3 is 5.97 Å². The van der Waals surface area contributed by atoms with E-state index < -0.39 is 11.5 Å². The van der Waals surface area contributed by atoms with Gasteiger partial charge in [-0.05, 0) is 24.0 Å². The highest BCUT2D eigenvalue weighted by molar-refractivity contribution is 5.87. The second-order valence-electron chi connectivity index (χ2n) is 6.01. The van der Waals surface area contributed by atoms with Crippen LogP contribution in [0.3, 0.4) is 0 Å². The van der Waals surface area contributed by atoms with Crippen molar-refractivity contribution in [2.75, 3.05) is 13.2 Å². The van der Waals surface area contributed by atoms with Crippen molar-refractivity contribution in [3.63, 3.8) is 0 Å². The average molecular weight is 305 g/mol. The number of aliphatic carboxylic acids is 1. The molecule has 2 rings (SSSR count). The molecule has 120 valence electrons. The quantitative estimate of drug-likeness (QED) is 0.875. The van der Waals surface area contributed by atoms with Gasteiger partial charge in [0.1, 0.15) is 5.54 Å². The van der Waals surface area contributed by atoms with Crippen LogP contribution in [0.4, 0.5) is 0 Å². The second-order valence-corrected chi connectivity index (χ2v) is 6.01. The molecule has 1 saturated heterocycles. The number of hydrogen-bond donors (Lipinski definition) is 2. The first-order valence-electron chi connectivity index (χ1n) is 7.62. The van der Waals surface area contributed by atoms with Gasteiger partial charge in [0.2, 0.25) is 5.91 Å². The Morgan fingerprint density at radius 3 is 2.55 bits per heavy atom. The van der Waals surface area contributed by atoms with Crippen molar-refractivity contribution < 1.29 is 19.4 Å². The molecule has 0 spiro atoms. The molecule has 0 bridgehead atoms. The van der Waals surface area contributed by atoms with Gasteiger partial charge in [-0.25, -0.2) is 4.79 Å². The fourth-order valence-electron chi connectivity index (χ4n) is 2.96. The standard InChI is InChI=1S/C17H23NO4/c1-12-5-3-4-6-14(12)13(2)11-15(19)18-17(16(20)21)7-9-22-10-8-17/h3-6,13H,7-11H2,1-2H3,(H,18,19)(H,20,21). The van der Waals surface area contributed by atoms with Crippen LogP contribution >= 0.6 is 0 Å². The molecule has 0 saturated carbocycles. The molecule has 5 heteroatoms. The van der Waals surface area contributed by atoms with Crippen LogP contribution in [0.2, 0.25) is 0 Å². The Morgan fingerprint density at radius 2 is 1.95 bits per heavy atom. The summed E-state index contributed by atoms with van der Waals surface area (Å²) in [6, 6.07) is 7.94. The highest BCUT2D eigenvalue weighted by Crippen LogP contribution is 2.25. The number of rotatable bonds is 5. The van der Waals surface area contributed by atoms with Crippen LogP contribution in [-0.4, -0.2) is 35.7 Å². The number of ether oxygens (including phenoxy) is 1. The number of carbonyl (C=O) groups excluding carboxylic acids is 1. The fraction of sp³-hybridized carbons (Fsp3) is 0.529. The minimum atomic E-state index is -1.18. The third-order valence-corrected chi connectivity index (χ3v) is 4.35. The molecule has 5 nitrogen and oxygen atoms in total. The number of carbonyl (C=O) groups is 2. The van der Waals surface area contributed by atoms with Crippen LogP contribution in [0, 0.1) is 6.92 Å². The van der Waals surface area contributed by atoms with Gasteiger partial charge in [0.05, 0.1) is 0 Å². The van der Waals surface area contributed by atoms with Gasteiger partial charge in [-0.2, -0.15) is 0 Å². The van der Waals surface area contributed by atoms with Gasteiger partial charge in [-0.3, -0.25) is 4.79 Å². The molecule has 0 aromatic heterocycles. The molecule has 1 heterocycles. The zero-order valence-electron chi connectivity index (χ0n) is 13.1. The molecule has 0 radical (unpaired) electrons. The molecule has 1 aliphatic heterocycles. The third-order valence-electron chi connectivity index (χ3n) is 4.35. The Hall–Kier alpha value is -1.88. The van der Waals surface area contributed by atoms with Gasteiger partial charge in [-0.15, -0.1) is 0 Å². The summed E-state index contributed by atoms with van der Waals surface area (Å²) in [4.78, 5) is 23.9. The lowest BCUT2D eigenvalue weighted by atomic mass is 9.88. The summed E-state index contributed by atoms with van der Waals surface area (Å²) in [5.74, 6) is -1.15. The lowest BCUT2D eigenvalue weighted by Crippen LogP contribution is -2.57. The van der Waals surface area contributed by atoms with Crippen molar-refractivity contribution in [2.24, 2.45) is 0 Å². The summed E-state index contributed by atoms with van der Waals surface area (Å²) in [6.07, 6.45) is 0.903. The lowest BCUT2D eigenvalue weighted by molar-refractivity contribution is -0.152. The third kappa shape index (κ3) is 3.65. The van der Waals surface area contributed by atoms with E-state index in [1.54, 1.807) is 0 Å². The minimum Gasteiger partial charge on any atom is -0.480 e. The van der Waals surface area contributed by atoms with Crippen molar-refractivity contribution in [3.8, 4) is 0 Å². The molecule has 1 amide bonds. The molecule has 1 aromatic carbocycles. The van der Waals surface area contributed by atoms with Crippen molar-refractivity contribution in [1.82, 2.24) is 5.32 Å². The average Bonchev–Trinajstić information content (AvgIpc) is 2.48. The Balaban J connectivity index is 2.02. The maximum atomic E-state index is 12.3. The number of aryl methyl sites for hydroxylation is 1. The fourth-order valence-corrected chi connectivity index (χ4v) is 2.96. The van der Waals surface area contributed by atoms with Crippen LogP contribution in [0.5, 0.6) is 0 Å². The van der Waals surface area contributed by atoms with Crippen molar-refractivity contribution in [3.05, 3.63) is 35.4 Å². The largest absolute Gasteiger partial charge is 0.480 e. The van der Waals surface area contributed by atoms with Crippen molar-refractivity contribution in [2.45, 2.75) is 44.6 Å². The molecular formula is C17H23NO4. The van der Waals surface area contributed by atoms with E-state index in [1.807, 2.05) is 38.1 Å². The zero-order valence-corrected chi connectivity index (χ0v) is 13.1. The molecule has 1 atom stereocenters. The minimum absolute atomic E-state index is 0.0480. The van der Waals surface area contributed by atoms with E-state index >= 15 is 0 Å². The Bertz CT molecular complexity index is 549. The van der Waals surface area contributed by atoms with Gasteiger partial charge in [0.25, 0.3) is 0 Å². The first kappa shape index (κ1) is 16.5. The lowest BCUT2D eigenvalue weighted by Gasteiger charge is -2.34. The molecule has 1 unspecified atom stereocenters. The highest BCUT2D eigenvalue weighted by Gasteiger charge is 2.41. The van der Waals surface area contributed by atoms with Gasteiger partial charge in [-0.1, -0.05) is 31.2 Å². The maximum Gasteiger partial charge on any atom is 0.329 e. The zero-order chi connectivity index (χ0) is 16.2. The van der Waals surface area contributed by atoms with E-state index in [0.29, 0.717) is 26.1 Å². The molecule has 1 aliphatic rings. The van der Waals surface area contributed by atoms with E-state index in [9.17, 15) is 14.7 Å². The Labute approximate surface area is 130 Å². The number of amides is 1. The second kappa shape index (κ2) is 6.92. The van der Waals surface area contributed by atoms with Crippen molar-refractivity contribution >= 4 is 11.9 Å². The van der Waals surface area contributed by atoms with E-state index in [0.717, 1.165) is 11.1 Å². The molecule has 0 aliphatic carbocycles. The monoisotopic (exact) mass is 305 g/mol. The first-order chi connectivity index (χ1) is 10.4. The summed E-state index contributed by atoms with van der Waals surface area (Å²) in [5, 5.41) is 12.2. The topological polar surface area (TPSA) is 75.6 Å². The molecule has 22 heavy (non-hydrogen) atoms. The molecule has 2 N–H and O–H groups in total. The van der Waals surface area contributed by atoms with Gasteiger partial charge < -0.3 is 15.2 Å². The summed E-state index contributed by atoms with van der Waals surface area (Å²) >= 11 is 0. The maximum absolute atomic E-state index is 12.3. The predicted molar refractivity (Wildman–Crippen MR) is 82.8 cm³/mol. The number of carboxylic acids is 1. The van der Waals surface area contributed by atoms with Gasteiger partial charge in [0, 0.05) is 32.5 Å². The van der Waals surface area contributed by atoms with Crippen molar-refractivity contribution in [1.29, 1.82) is 0 Å². The SMILES string of the molecule is Cc1ccccc1C(C)CC(=O)NC1(C(=O)O)CCOCC1. The smallest absolute Gasteiger partial charge is 0.329 e. The summed E-state index contributed by atoms with van der Waals surface area (Å²) < 4.78 is 5.21. The van der Waals surface area contributed by atoms with E-state index in [4.69, 9.17) is 4.74 Å². The van der Waals surface area contributed by atoms with Gasteiger partial charge in [0.15, 0.2) is 0 Å². The molecule has 1 fully saturated rings. The van der Waals surface area contributed by atoms with E-state index in [2.05, 4.69) is 5.32 Å². The van der Waals surface area contributed by atoms with Crippen LogP contribution in [0.25, 0.3) is 0 Å². The number of nitrogens with one attached hydrogen (secondary N) is 1. The molecular weight excluding hydrogens is 282 g/mol. The Morgan fingerprint density at radius 1 is 1.32 bits per heavy atom. The normalized spacial score (nSPS) is 18.5. The molecule has 1 aromatic rings.